The van der Waals surface area contributed by atoms with Gasteiger partial charge in [-0.1, -0.05) is 13.0 Å². The predicted molar refractivity (Wildman–Crippen MR) is 61.2 cm³/mol. The Kier molecular flexibility index (Phi) is 4.81. The number of aliphatic carboxylic acids is 1. The summed E-state index contributed by atoms with van der Waals surface area (Å²) in [6.45, 7) is 1.51. The number of nitrogens with zero attached hydrogens (tertiary/aromatic N) is 1. The van der Waals surface area contributed by atoms with E-state index in [0.717, 1.165) is 6.07 Å². The van der Waals surface area contributed by atoms with Gasteiger partial charge >= 0.3 is 11.9 Å². The quantitative estimate of drug-likeness (QED) is 0.360. The molecule has 0 bridgehead atoms. The monoisotopic (exact) mass is 269 g/mol. The molecule has 1 atom stereocenters. The maximum absolute atomic E-state index is 11.3. The minimum atomic E-state index is -1.33. The molecule has 1 aromatic rings. The van der Waals surface area contributed by atoms with Crippen molar-refractivity contribution in [2.24, 2.45) is 5.92 Å². The van der Waals surface area contributed by atoms with Crippen LogP contribution in [0.2, 0.25) is 0 Å². The van der Waals surface area contributed by atoms with Crippen molar-refractivity contribution in [1.82, 2.24) is 0 Å². The first-order valence-corrected chi connectivity index (χ1v) is 5.31. The molecule has 0 aromatic heterocycles. The number of carboxylic acid groups (broad SMARTS) is 1. The third-order valence-corrected chi connectivity index (χ3v) is 2.24. The van der Waals surface area contributed by atoms with Crippen LogP contribution >= 0.6 is 0 Å². The van der Waals surface area contributed by atoms with Crippen LogP contribution in [0.3, 0.4) is 0 Å². The van der Waals surface area contributed by atoms with E-state index in [1.807, 2.05) is 0 Å². The molecule has 0 heterocycles. The summed E-state index contributed by atoms with van der Waals surface area (Å²) in [7, 11) is 0. The van der Waals surface area contributed by atoms with Gasteiger partial charge in [-0.3, -0.25) is 19.8 Å². The molecular formula is C11H11NO7. The lowest BCUT2D eigenvalue weighted by Gasteiger charge is -2.08. The molecule has 19 heavy (non-hydrogen) atoms. The minimum absolute atomic E-state index is 0.0481. The van der Waals surface area contributed by atoms with Crippen LogP contribution in [0.1, 0.15) is 13.3 Å². The third kappa shape index (κ3) is 3.95. The van der Waals surface area contributed by atoms with Gasteiger partial charge in [0.2, 0.25) is 0 Å². The Labute approximate surface area is 107 Å². The molecule has 0 aliphatic heterocycles. The third-order valence-electron chi connectivity index (χ3n) is 2.24. The fraction of sp³-hybridized carbons (Fsp3) is 0.273. The van der Waals surface area contributed by atoms with Crippen LogP contribution < -0.4 is 4.89 Å². The minimum Gasteiger partial charge on any atom is -0.481 e. The molecule has 1 N–H and O–H groups in total. The fourth-order valence-corrected chi connectivity index (χ4v) is 1.24. The van der Waals surface area contributed by atoms with E-state index in [1.54, 1.807) is 0 Å². The first-order chi connectivity index (χ1) is 8.95. The summed E-state index contributed by atoms with van der Waals surface area (Å²) in [6.07, 6.45) is 0.0481. The number of nitro groups is 1. The zero-order valence-corrected chi connectivity index (χ0v) is 9.94. The van der Waals surface area contributed by atoms with Gasteiger partial charge in [0.25, 0.3) is 5.69 Å². The lowest BCUT2D eigenvalue weighted by Crippen LogP contribution is -2.26. The first kappa shape index (κ1) is 14.4. The number of nitro benzene ring substituents is 1. The number of non-ortho nitro benzene ring substituents is 1. The molecule has 102 valence electrons. The van der Waals surface area contributed by atoms with Gasteiger partial charge in [-0.15, -0.1) is 0 Å². The second-order valence-electron chi connectivity index (χ2n) is 3.54. The number of rotatable bonds is 6. The van der Waals surface area contributed by atoms with Crippen LogP contribution in [0, 0.1) is 16.0 Å². The average molecular weight is 269 g/mol. The molecule has 0 fully saturated rings. The zero-order valence-electron chi connectivity index (χ0n) is 9.94. The molecule has 0 saturated carbocycles. The summed E-state index contributed by atoms with van der Waals surface area (Å²) >= 11 is 0. The molecule has 0 aliphatic carbocycles. The Balaban J connectivity index is 2.66. The Morgan fingerprint density at radius 3 is 2.68 bits per heavy atom. The van der Waals surface area contributed by atoms with Gasteiger partial charge in [-0.05, 0) is 12.5 Å². The SMILES string of the molecule is CCC(C(=O)O)C(=O)OOc1cccc([N+](=O)[O-])c1. The van der Waals surface area contributed by atoms with Gasteiger partial charge in [0.15, 0.2) is 11.7 Å². The van der Waals surface area contributed by atoms with Gasteiger partial charge in [-0.25, -0.2) is 9.68 Å². The average Bonchev–Trinajstić information content (AvgIpc) is 2.37. The Bertz CT molecular complexity index is 500. The van der Waals surface area contributed by atoms with E-state index in [0.29, 0.717) is 0 Å². The summed E-state index contributed by atoms with van der Waals surface area (Å²) in [5.74, 6) is -3.79. The maximum atomic E-state index is 11.3. The molecule has 8 nitrogen and oxygen atoms in total. The number of benzene rings is 1. The van der Waals surface area contributed by atoms with Crippen molar-refractivity contribution in [1.29, 1.82) is 0 Å². The van der Waals surface area contributed by atoms with Gasteiger partial charge in [0.05, 0.1) is 11.0 Å². The molecule has 0 spiro atoms. The molecule has 0 saturated heterocycles. The summed E-state index contributed by atoms with van der Waals surface area (Å²) in [4.78, 5) is 40.8. The van der Waals surface area contributed by atoms with Crippen LogP contribution in [0.5, 0.6) is 5.75 Å². The predicted octanol–water partition coefficient (Wildman–Crippen LogP) is 1.54. The van der Waals surface area contributed by atoms with Crippen molar-refractivity contribution < 1.29 is 29.4 Å². The van der Waals surface area contributed by atoms with Crippen molar-refractivity contribution >= 4 is 17.6 Å². The molecular weight excluding hydrogens is 258 g/mol. The topological polar surface area (TPSA) is 116 Å². The van der Waals surface area contributed by atoms with Crippen molar-refractivity contribution in [2.45, 2.75) is 13.3 Å². The van der Waals surface area contributed by atoms with E-state index in [9.17, 15) is 19.7 Å². The van der Waals surface area contributed by atoms with E-state index in [-0.39, 0.29) is 17.9 Å². The first-order valence-electron chi connectivity index (χ1n) is 5.31. The van der Waals surface area contributed by atoms with Crippen molar-refractivity contribution in [2.75, 3.05) is 0 Å². The van der Waals surface area contributed by atoms with E-state index in [2.05, 4.69) is 9.78 Å². The number of carboxylic acids is 1. The highest BCUT2D eigenvalue weighted by molar-refractivity contribution is 5.93. The summed E-state index contributed by atoms with van der Waals surface area (Å²) in [6, 6.07) is 4.97. The number of hydrogen-bond donors (Lipinski definition) is 1. The number of carbonyl (C=O) groups is 2. The van der Waals surface area contributed by atoms with Gasteiger partial charge in [0.1, 0.15) is 0 Å². The van der Waals surface area contributed by atoms with Crippen LogP contribution in [0.4, 0.5) is 5.69 Å². The van der Waals surface area contributed by atoms with Gasteiger partial charge in [0, 0.05) is 6.07 Å². The summed E-state index contributed by atoms with van der Waals surface area (Å²) < 4.78 is 0. The molecule has 0 aliphatic rings. The standard InChI is InChI=1S/C11H11NO7/c1-2-9(10(13)14)11(15)19-18-8-5-3-4-7(6-8)12(16)17/h3-6,9H,2H2,1H3,(H,13,14). The largest absolute Gasteiger partial charge is 0.481 e. The highest BCUT2D eigenvalue weighted by atomic mass is 17.2. The Morgan fingerprint density at radius 1 is 1.47 bits per heavy atom. The summed E-state index contributed by atoms with van der Waals surface area (Å²) in [5.41, 5.74) is -0.237. The number of carbonyl (C=O) groups excluding carboxylic acids is 1. The highest BCUT2D eigenvalue weighted by Crippen LogP contribution is 2.19. The van der Waals surface area contributed by atoms with Crippen molar-refractivity contribution in [3.05, 3.63) is 34.4 Å². The highest BCUT2D eigenvalue weighted by Gasteiger charge is 2.27. The zero-order chi connectivity index (χ0) is 14.4. The summed E-state index contributed by atoms with van der Waals surface area (Å²) in [5, 5.41) is 19.2. The van der Waals surface area contributed by atoms with Crippen LogP contribution in [-0.4, -0.2) is 22.0 Å². The molecule has 8 heteroatoms. The van der Waals surface area contributed by atoms with E-state index in [4.69, 9.17) is 5.11 Å². The van der Waals surface area contributed by atoms with E-state index in [1.165, 1.54) is 25.1 Å². The van der Waals surface area contributed by atoms with E-state index < -0.39 is 22.8 Å². The second kappa shape index (κ2) is 6.34. The molecule has 1 unspecified atom stereocenters. The molecule has 0 amide bonds. The van der Waals surface area contributed by atoms with Crippen LogP contribution in [0.25, 0.3) is 0 Å². The lowest BCUT2D eigenvalue weighted by molar-refractivity contribution is -0.385. The number of hydrogen-bond acceptors (Lipinski definition) is 6. The molecule has 1 aromatic carbocycles. The molecule has 1 rings (SSSR count). The Hall–Kier alpha value is -2.64. The second-order valence-corrected chi connectivity index (χ2v) is 3.54. The van der Waals surface area contributed by atoms with Crippen LogP contribution in [-0.2, 0) is 14.5 Å². The van der Waals surface area contributed by atoms with Gasteiger partial charge in [-0.2, -0.15) is 0 Å². The maximum Gasteiger partial charge on any atom is 0.369 e. The van der Waals surface area contributed by atoms with E-state index >= 15 is 0 Å². The smallest absolute Gasteiger partial charge is 0.369 e. The van der Waals surface area contributed by atoms with Gasteiger partial charge < -0.3 is 5.11 Å². The van der Waals surface area contributed by atoms with Crippen molar-refractivity contribution in [3.63, 3.8) is 0 Å². The molecule has 0 radical (unpaired) electrons. The lowest BCUT2D eigenvalue weighted by atomic mass is 10.1. The fourth-order valence-electron chi connectivity index (χ4n) is 1.24. The van der Waals surface area contributed by atoms with Crippen molar-refractivity contribution in [3.8, 4) is 5.75 Å². The Morgan fingerprint density at radius 2 is 2.16 bits per heavy atom. The van der Waals surface area contributed by atoms with Crippen LogP contribution in [0.15, 0.2) is 24.3 Å². The normalized spacial score (nSPS) is 11.4.